The molecule has 0 amide bonds. The van der Waals surface area contributed by atoms with Crippen LogP contribution >= 0.6 is 0 Å². The van der Waals surface area contributed by atoms with Crippen LogP contribution in [0.1, 0.15) is 17.0 Å². The van der Waals surface area contributed by atoms with E-state index in [4.69, 9.17) is 0 Å². The van der Waals surface area contributed by atoms with Gasteiger partial charge in [0.2, 0.25) is 0 Å². The first-order valence-corrected chi connectivity index (χ1v) is 8.72. The first-order valence-electron chi connectivity index (χ1n) is 8.72. The third-order valence-electron chi connectivity index (χ3n) is 4.08. The average Bonchev–Trinajstić information content (AvgIpc) is 3.07. The molecule has 0 aliphatic carbocycles. The Bertz CT molecular complexity index is 933. The molecule has 0 saturated heterocycles. The lowest BCUT2D eigenvalue weighted by molar-refractivity contribution is 0.392. The molecule has 7 nitrogen and oxygen atoms in total. The molecule has 27 heavy (non-hydrogen) atoms. The molecule has 142 valence electrons. The van der Waals surface area contributed by atoms with Crippen LogP contribution in [0.25, 0.3) is 5.65 Å². The van der Waals surface area contributed by atoms with Gasteiger partial charge < -0.3 is 15.5 Å². The van der Waals surface area contributed by atoms with Crippen molar-refractivity contribution in [1.29, 1.82) is 0 Å². The molecule has 0 aliphatic heterocycles. The Morgan fingerprint density at radius 1 is 1.15 bits per heavy atom. The molecule has 3 rings (SSSR count). The molecule has 2 heterocycles. The molecule has 0 aliphatic rings. The van der Waals surface area contributed by atoms with E-state index in [-0.39, 0.29) is 5.82 Å². The Balaban J connectivity index is 1.59. The van der Waals surface area contributed by atoms with Crippen LogP contribution in [-0.2, 0) is 19.6 Å². The Labute approximate surface area is 157 Å². The molecular weight excluding hydrogens is 345 g/mol. The smallest absolute Gasteiger partial charge is 0.191 e. The third-order valence-corrected chi connectivity index (χ3v) is 4.08. The molecule has 8 heteroatoms. The number of rotatable bonds is 6. The van der Waals surface area contributed by atoms with Crippen LogP contribution in [0, 0.1) is 5.82 Å². The predicted molar refractivity (Wildman–Crippen MR) is 104 cm³/mol. The van der Waals surface area contributed by atoms with Gasteiger partial charge in [-0.3, -0.25) is 9.39 Å². The molecule has 0 spiro atoms. The number of aromatic nitrogens is 3. The predicted octanol–water partition coefficient (Wildman–Crippen LogP) is 1.80. The zero-order valence-electron chi connectivity index (χ0n) is 15.8. The number of aliphatic imine (C=N–C) groups is 1. The molecular formula is C19H24FN7. The summed E-state index contributed by atoms with van der Waals surface area (Å²) >= 11 is 0. The van der Waals surface area contributed by atoms with Gasteiger partial charge in [0.15, 0.2) is 17.4 Å². The molecule has 0 unspecified atom stereocenters. The molecule has 0 bridgehead atoms. The fraction of sp³-hybridized carbons (Fsp3) is 0.316. The van der Waals surface area contributed by atoms with E-state index in [2.05, 4.69) is 25.8 Å². The van der Waals surface area contributed by atoms with Crippen molar-refractivity contribution in [1.82, 2.24) is 30.1 Å². The van der Waals surface area contributed by atoms with Gasteiger partial charge >= 0.3 is 0 Å². The Kier molecular flexibility index (Phi) is 5.97. The number of benzene rings is 1. The minimum atomic E-state index is -0.186. The number of nitrogens with zero attached hydrogens (tertiary/aromatic N) is 5. The highest BCUT2D eigenvalue weighted by molar-refractivity contribution is 5.79. The zero-order valence-corrected chi connectivity index (χ0v) is 15.8. The largest absolute Gasteiger partial charge is 0.352 e. The first kappa shape index (κ1) is 18.8. The van der Waals surface area contributed by atoms with E-state index >= 15 is 0 Å². The molecule has 0 fully saturated rings. The lowest BCUT2D eigenvalue weighted by atomic mass is 10.1. The van der Waals surface area contributed by atoms with Gasteiger partial charge in [-0.15, -0.1) is 10.2 Å². The molecule has 2 N–H and O–H groups in total. The summed E-state index contributed by atoms with van der Waals surface area (Å²) in [7, 11) is 5.55. The van der Waals surface area contributed by atoms with Crippen LogP contribution in [0.5, 0.6) is 0 Å². The van der Waals surface area contributed by atoms with E-state index in [1.54, 1.807) is 13.1 Å². The first-order chi connectivity index (χ1) is 13.1. The van der Waals surface area contributed by atoms with Crippen molar-refractivity contribution >= 4 is 11.6 Å². The lowest BCUT2D eigenvalue weighted by Gasteiger charge is -2.14. The lowest BCUT2D eigenvalue weighted by Crippen LogP contribution is -2.36. The van der Waals surface area contributed by atoms with E-state index in [0.717, 1.165) is 17.0 Å². The number of hydrogen-bond acceptors (Lipinski definition) is 4. The Hall–Kier alpha value is -3.00. The topological polar surface area (TPSA) is 69.8 Å². The van der Waals surface area contributed by atoms with Crippen molar-refractivity contribution in [3.05, 3.63) is 65.4 Å². The average molecular weight is 369 g/mol. The number of nitrogens with one attached hydrogen (secondary N) is 2. The SMILES string of the molecule is CN=C(NCc1ccc(F)c(CN(C)C)c1)NCc1nnc2ccccn12. The van der Waals surface area contributed by atoms with E-state index in [1.165, 1.54) is 6.07 Å². The fourth-order valence-electron chi connectivity index (χ4n) is 2.78. The summed E-state index contributed by atoms with van der Waals surface area (Å²) in [6.45, 7) is 1.59. The van der Waals surface area contributed by atoms with Gasteiger partial charge in [0.1, 0.15) is 5.82 Å². The molecule has 1 aromatic carbocycles. The second kappa shape index (κ2) is 8.59. The summed E-state index contributed by atoms with van der Waals surface area (Å²) < 4.78 is 15.8. The van der Waals surface area contributed by atoms with Crippen molar-refractivity contribution in [3.63, 3.8) is 0 Å². The van der Waals surface area contributed by atoms with Crippen molar-refractivity contribution in [2.24, 2.45) is 4.99 Å². The van der Waals surface area contributed by atoms with Gasteiger partial charge in [0, 0.05) is 31.9 Å². The van der Waals surface area contributed by atoms with Crippen molar-refractivity contribution in [2.45, 2.75) is 19.6 Å². The highest BCUT2D eigenvalue weighted by atomic mass is 19.1. The second-order valence-corrected chi connectivity index (χ2v) is 6.49. The summed E-state index contributed by atoms with van der Waals surface area (Å²) in [6, 6.07) is 10.9. The molecule has 0 atom stereocenters. The molecule has 0 saturated carbocycles. The summed E-state index contributed by atoms with van der Waals surface area (Å²) in [6.07, 6.45) is 1.92. The molecule has 3 aromatic rings. The van der Waals surface area contributed by atoms with Gasteiger partial charge in [-0.05, 0) is 43.9 Å². The highest BCUT2D eigenvalue weighted by Crippen LogP contribution is 2.12. The van der Waals surface area contributed by atoms with Crippen LogP contribution < -0.4 is 10.6 Å². The van der Waals surface area contributed by atoms with Gasteiger partial charge in [0.05, 0.1) is 6.54 Å². The normalized spacial score (nSPS) is 12.0. The maximum atomic E-state index is 13.9. The second-order valence-electron chi connectivity index (χ2n) is 6.49. The monoisotopic (exact) mass is 369 g/mol. The molecule has 2 aromatic heterocycles. The summed E-state index contributed by atoms with van der Waals surface area (Å²) in [4.78, 5) is 6.17. The highest BCUT2D eigenvalue weighted by Gasteiger charge is 2.07. The summed E-state index contributed by atoms with van der Waals surface area (Å²) in [5, 5.41) is 14.8. The van der Waals surface area contributed by atoms with Crippen LogP contribution in [0.2, 0.25) is 0 Å². The van der Waals surface area contributed by atoms with Crippen LogP contribution in [0.4, 0.5) is 4.39 Å². The summed E-state index contributed by atoms with van der Waals surface area (Å²) in [5.74, 6) is 1.25. The van der Waals surface area contributed by atoms with Gasteiger partial charge in [-0.25, -0.2) is 4.39 Å². The zero-order chi connectivity index (χ0) is 19.2. The summed E-state index contributed by atoms with van der Waals surface area (Å²) in [5.41, 5.74) is 2.47. The maximum absolute atomic E-state index is 13.9. The van der Waals surface area contributed by atoms with Crippen LogP contribution in [0.15, 0.2) is 47.6 Å². The number of halogens is 1. The minimum Gasteiger partial charge on any atom is -0.352 e. The van der Waals surface area contributed by atoms with E-state index in [9.17, 15) is 4.39 Å². The van der Waals surface area contributed by atoms with Gasteiger partial charge in [-0.2, -0.15) is 0 Å². The standard InChI is InChI=1S/C19H24FN7/c1-21-19(23-12-18-25-24-17-6-4-5-9-27(17)18)22-11-14-7-8-16(20)15(10-14)13-26(2)3/h4-10H,11-13H2,1-3H3,(H2,21,22,23). The van der Waals surface area contributed by atoms with E-state index < -0.39 is 0 Å². The quantitative estimate of drug-likeness (QED) is 0.512. The third kappa shape index (κ3) is 4.79. The molecule has 0 radical (unpaired) electrons. The van der Waals surface area contributed by atoms with Gasteiger partial charge in [0.25, 0.3) is 0 Å². The number of guanidine groups is 1. The van der Waals surface area contributed by atoms with Crippen molar-refractivity contribution in [2.75, 3.05) is 21.1 Å². The van der Waals surface area contributed by atoms with Crippen molar-refractivity contribution in [3.8, 4) is 0 Å². The van der Waals surface area contributed by atoms with Crippen molar-refractivity contribution < 1.29 is 4.39 Å². The number of fused-ring (bicyclic) bond motifs is 1. The van der Waals surface area contributed by atoms with Gasteiger partial charge in [-0.1, -0.05) is 12.1 Å². The Morgan fingerprint density at radius 3 is 2.74 bits per heavy atom. The Morgan fingerprint density at radius 2 is 1.96 bits per heavy atom. The van der Waals surface area contributed by atoms with E-state index in [1.807, 2.05) is 53.9 Å². The number of pyridine rings is 1. The fourth-order valence-corrected chi connectivity index (χ4v) is 2.78. The van der Waals surface area contributed by atoms with E-state index in [0.29, 0.717) is 31.2 Å². The maximum Gasteiger partial charge on any atom is 0.191 e. The minimum absolute atomic E-state index is 0.186. The van der Waals surface area contributed by atoms with Crippen LogP contribution in [0.3, 0.4) is 0 Å². The number of hydrogen-bond donors (Lipinski definition) is 2. The van der Waals surface area contributed by atoms with Crippen LogP contribution in [-0.4, -0.2) is 46.6 Å².